The van der Waals surface area contributed by atoms with Gasteiger partial charge >= 0.3 is 29.6 Å². The van der Waals surface area contributed by atoms with Crippen LogP contribution in [0.4, 0.5) is 48.3 Å². The molecule has 0 unspecified atom stereocenters. The van der Waals surface area contributed by atoms with Crippen LogP contribution < -0.4 is 0 Å². The standard InChI is InChI=1S/C12H12F11I/c1-3-6(24,4-2)5-7(13)8(14,15)10(18,19)12(22,23)11(20,21)9(7,16)17/h3-5H2,1-2H3. The Morgan fingerprint density at radius 1 is 0.583 bits per heavy atom. The quantitative estimate of drug-likeness (QED) is 0.247. The van der Waals surface area contributed by atoms with Gasteiger partial charge in [-0.25, -0.2) is 4.39 Å². The summed E-state index contributed by atoms with van der Waals surface area (Å²) in [4.78, 5) is 0. The van der Waals surface area contributed by atoms with Crippen LogP contribution in [-0.4, -0.2) is 38.7 Å². The van der Waals surface area contributed by atoms with Crippen molar-refractivity contribution in [1.29, 1.82) is 0 Å². The highest BCUT2D eigenvalue weighted by molar-refractivity contribution is 14.1. The molecule has 0 N–H and O–H groups in total. The summed E-state index contributed by atoms with van der Waals surface area (Å²) in [5, 5.41) is 0. The monoisotopic (exact) mass is 492 g/mol. The molecule has 0 bridgehead atoms. The molecular weight excluding hydrogens is 480 g/mol. The first-order valence-corrected chi connectivity index (χ1v) is 7.67. The average molecular weight is 492 g/mol. The lowest BCUT2D eigenvalue weighted by Gasteiger charge is -2.54. The SMILES string of the molecule is CCC(I)(CC)CC1(F)C(F)(F)C(F)(F)C(F)(F)C(F)(F)C1(F)F. The maximum Gasteiger partial charge on any atom is 0.384 e. The third kappa shape index (κ3) is 2.22. The van der Waals surface area contributed by atoms with E-state index in [2.05, 4.69) is 0 Å². The van der Waals surface area contributed by atoms with E-state index in [1.165, 1.54) is 36.4 Å². The molecular formula is C12H12F11I. The van der Waals surface area contributed by atoms with E-state index in [1.54, 1.807) is 0 Å². The smallest absolute Gasteiger partial charge is 0.230 e. The third-order valence-electron chi connectivity index (χ3n) is 4.40. The number of rotatable bonds is 4. The fourth-order valence-electron chi connectivity index (χ4n) is 2.44. The van der Waals surface area contributed by atoms with E-state index >= 15 is 0 Å². The zero-order chi connectivity index (χ0) is 19.6. The molecule has 0 amide bonds. The molecule has 0 nitrogen and oxygen atoms in total. The van der Waals surface area contributed by atoms with Crippen molar-refractivity contribution in [3.8, 4) is 0 Å². The van der Waals surface area contributed by atoms with Gasteiger partial charge in [0.15, 0.2) is 0 Å². The van der Waals surface area contributed by atoms with Crippen LogP contribution in [0.2, 0.25) is 0 Å². The van der Waals surface area contributed by atoms with Crippen LogP contribution in [0.1, 0.15) is 33.1 Å². The second-order valence-corrected chi connectivity index (χ2v) is 8.00. The van der Waals surface area contributed by atoms with Gasteiger partial charge in [0.1, 0.15) is 0 Å². The van der Waals surface area contributed by atoms with Crippen LogP contribution in [0.3, 0.4) is 0 Å². The number of alkyl halides is 12. The minimum atomic E-state index is -7.14. The van der Waals surface area contributed by atoms with Crippen molar-refractivity contribution in [2.24, 2.45) is 0 Å². The summed E-state index contributed by atoms with van der Waals surface area (Å²) in [6.07, 6.45) is -2.81. The summed E-state index contributed by atoms with van der Waals surface area (Å²) in [6.45, 7) is 2.40. The molecule has 0 spiro atoms. The van der Waals surface area contributed by atoms with Crippen molar-refractivity contribution < 1.29 is 48.3 Å². The molecule has 0 aromatic carbocycles. The van der Waals surface area contributed by atoms with Gasteiger partial charge in [0.05, 0.1) is 0 Å². The molecule has 12 heteroatoms. The van der Waals surface area contributed by atoms with Crippen molar-refractivity contribution in [1.82, 2.24) is 0 Å². The summed E-state index contributed by atoms with van der Waals surface area (Å²) in [5.41, 5.74) is -5.87. The Balaban J connectivity index is 3.75. The van der Waals surface area contributed by atoms with E-state index < -0.39 is 45.1 Å². The molecule has 0 aliphatic heterocycles. The van der Waals surface area contributed by atoms with Gasteiger partial charge < -0.3 is 0 Å². The molecule has 0 radical (unpaired) electrons. The number of halogens is 12. The van der Waals surface area contributed by atoms with Crippen molar-refractivity contribution in [2.75, 3.05) is 0 Å². The normalized spacial score (nSPS) is 29.2. The number of hydrogen-bond acceptors (Lipinski definition) is 0. The molecule has 1 fully saturated rings. The predicted octanol–water partition coefficient (Wildman–Crippen LogP) is 6.27. The fourth-order valence-corrected chi connectivity index (χ4v) is 2.97. The van der Waals surface area contributed by atoms with Gasteiger partial charge in [0.25, 0.3) is 5.67 Å². The first-order valence-electron chi connectivity index (χ1n) is 6.60. The van der Waals surface area contributed by atoms with Gasteiger partial charge in [0, 0.05) is 9.84 Å². The van der Waals surface area contributed by atoms with Crippen molar-refractivity contribution in [3.05, 3.63) is 0 Å². The van der Waals surface area contributed by atoms with Gasteiger partial charge in [0.2, 0.25) is 0 Å². The molecule has 24 heavy (non-hydrogen) atoms. The largest absolute Gasteiger partial charge is 0.384 e. The molecule has 0 saturated heterocycles. The summed E-state index contributed by atoms with van der Waals surface area (Å²) >= 11 is 1.20. The van der Waals surface area contributed by atoms with Gasteiger partial charge in [-0.15, -0.1) is 0 Å². The molecule has 0 aromatic heterocycles. The van der Waals surface area contributed by atoms with Gasteiger partial charge in [-0.3, -0.25) is 0 Å². The highest BCUT2D eigenvalue weighted by Crippen LogP contribution is 2.71. The van der Waals surface area contributed by atoms with Crippen LogP contribution in [0, 0.1) is 0 Å². The van der Waals surface area contributed by atoms with Crippen LogP contribution >= 0.6 is 22.6 Å². The molecule has 144 valence electrons. The molecule has 0 heterocycles. The van der Waals surface area contributed by atoms with E-state index in [4.69, 9.17) is 0 Å². The Labute approximate surface area is 143 Å². The van der Waals surface area contributed by atoms with Crippen LogP contribution in [0.25, 0.3) is 0 Å². The lowest BCUT2D eigenvalue weighted by Crippen LogP contribution is -2.84. The highest BCUT2D eigenvalue weighted by atomic mass is 127. The predicted molar refractivity (Wildman–Crippen MR) is 70.5 cm³/mol. The lowest BCUT2D eigenvalue weighted by molar-refractivity contribution is -0.486. The molecule has 1 aliphatic carbocycles. The Kier molecular flexibility index (Phi) is 5.02. The molecule has 1 rings (SSSR count). The van der Waals surface area contributed by atoms with Crippen molar-refractivity contribution in [3.63, 3.8) is 0 Å². The van der Waals surface area contributed by atoms with Gasteiger partial charge in [-0.1, -0.05) is 36.4 Å². The zero-order valence-electron chi connectivity index (χ0n) is 12.2. The van der Waals surface area contributed by atoms with Crippen LogP contribution in [0.5, 0.6) is 0 Å². The van der Waals surface area contributed by atoms with Gasteiger partial charge in [-0.05, 0) is 12.8 Å². The first-order chi connectivity index (χ1) is 10.3. The second kappa shape index (κ2) is 5.48. The Bertz CT molecular complexity index is 465. The summed E-state index contributed by atoms with van der Waals surface area (Å²) < 4.78 is 147. The van der Waals surface area contributed by atoms with E-state index in [-0.39, 0.29) is 12.8 Å². The average Bonchev–Trinajstić information content (AvgIpc) is 2.44. The van der Waals surface area contributed by atoms with E-state index in [1.807, 2.05) is 0 Å². The molecule has 0 atom stereocenters. The first kappa shape index (κ1) is 22.0. The second-order valence-electron chi connectivity index (χ2n) is 5.71. The van der Waals surface area contributed by atoms with Crippen LogP contribution in [-0.2, 0) is 0 Å². The number of hydrogen-bond donors (Lipinski definition) is 0. The van der Waals surface area contributed by atoms with Crippen molar-refractivity contribution in [2.45, 2.75) is 71.8 Å². The third-order valence-corrected chi connectivity index (χ3v) is 6.31. The van der Waals surface area contributed by atoms with E-state index in [0.717, 1.165) is 0 Å². The summed E-state index contributed by atoms with van der Waals surface area (Å²) in [5.74, 6) is -34.6. The Morgan fingerprint density at radius 3 is 1.08 bits per heavy atom. The summed E-state index contributed by atoms with van der Waals surface area (Å²) in [6, 6.07) is 0. The van der Waals surface area contributed by atoms with Crippen molar-refractivity contribution >= 4 is 22.6 Å². The summed E-state index contributed by atoms with van der Waals surface area (Å²) in [7, 11) is 0. The fraction of sp³-hybridized carbons (Fsp3) is 1.00. The molecule has 0 aromatic rings. The maximum absolute atomic E-state index is 14.5. The van der Waals surface area contributed by atoms with Crippen LogP contribution in [0.15, 0.2) is 0 Å². The van der Waals surface area contributed by atoms with E-state index in [9.17, 15) is 48.3 Å². The van der Waals surface area contributed by atoms with E-state index in [0.29, 0.717) is 0 Å². The topological polar surface area (TPSA) is 0 Å². The lowest BCUT2D eigenvalue weighted by atomic mass is 9.68. The molecule has 1 saturated carbocycles. The molecule has 1 aliphatic rings. The maximum atomic E-state index is 14.5. The zero-order valence-corrected chi connectivity index (χ0v) is 14.3. The minimum absolute atomic E-state index is 0.324. The minimum Gasteiger partial charge on any atom is -0.230 e. The highest BCUT2D eigenvalue weighted by Gasteiger charge is 3.01. The Morgan fingerprint density at radius 2 is 0.833 bits per heavy atom. The van der Waals surface area contributed by atoms with Gasteiger partial charge in [-0.2, -0.15) is 43.9 Å². The Hall–Kier alpha value is -0.0400.